The van der Waals surface area contributed by atoms with E-state index >= 15 is 0 Å². The lowest BCUT2D eigenvalue weighted by Crippen LogP contribution is -1.91. The second-order valence-corrected chi connectivity index (χ2v) is 2.63. The molecule has 0 bridgehead atoms. The molecular weight excluding hydrogens is 119 g/mol. The second-order valence-electron chi connectivity index (χ2n) is 0.981. The molecule has 0 rings (SSSR count). The highest BCUT2D eigenvalue weighted by Crippen LogP contribution is 2.32. The lowest BCUT2D eigenvalue weighted by atomic mass is 10.9. The maximum atomic E-state index is 9.94. The van der Waals surface area contributed by atoms with Crippen LogP contribution in [0.25, 0.3) is 0 Å². The van der Waals surface area contributed by atoms with Gasteiger partial charge in [0, 0.05) is 0 Å². The predicted octanol–water partition coefficient (Wildman–Crippen LogP) is -0.844. The molecule has 0 aliphatic heterocycles. The van der Waals surface area contributed by atoms with Crippen molar-refractivity contribution in [2.24, 2.45) is 0 Å². The number of aliphatic hydroxyl groups is 1. The van der Waals surface area contributed by atoms with Crippen molar-refractivity contribution in [1.29, 1.82) is 0 Å². The van der Waals surface area contributed by atoms with Gasteiger partial charge in [0.1, 0.15) is 0 Å². The first kappa shape index (κ1) is 4.04. The van der Waals surface area contributed by atoms with E-state index in [0.717, 1.165) is 0 Å². The van der Waals surface area contributed by atoms with Crippen LogP contribution >= 0.6 is 7.60 Å². The van der Waals surface area contributed by atoms with Gasteiger partial charge in [0.15, 0.2) is 0 Å². The van der Waals surface area contributed by atoms with E-state index in [2.05, 4.69) is 0 Å². The van der Waals surface area contributed by atoms with Crippen molar-refractivity contribution in [3.63, 3.8) is 0 Å². The molecule has 0 unspecified atom stereocenters. The Hall–Kier alpha value is 0.110. The van der Waals surface area contributed by atoms with E-state index in [9.17, 15) is 4.57 Å². The summed E-state index contributed by atoms with van der Waals surface area (Å²) in [5.41, 5.74) is 0. The Morgan fingerprint density at radius 3 is 2.14 bits per heavy atom. The van der Waals surface area contributed by atoms with E-state index in [-0.39, 0.29) is 0 Å². The quantitative estimate of drug-likeness (QED) is 0.423. The maximum absolute atomic E-state index is 9.94. The van der Waals surface area contributed by atoms with Crippen molar-refractivity contribution in [3.05, 3.63) is 0 Å². The van der Waals surface area contributed by atoms with Gasteiger partial charge >= 0.3 is 7.60 Å². The number of rotatable bonds is 2. The molecule has 5 heteroatoms. The zero-order valence-corrected chi connectivity index (χ0v) is 4.30. The smallest absolute Gasteiger partial charge is 0.327 e. The van der Waals surface area contributed by atoms with E-state index < -0.39 is 20.3 Å². The highest BCUT2D eigenvalue weighted by atomic mass is 31.2. The molecule has 44 valence electrons. The van der Waals surface area contributed by atoms with Crippen molar-refractivity contribution in [2.45, 2.75) is 0 Å². The average Bonchev–Trinajstić information content (AvgIpc) is 1.14. The standard InChI is InChI=1S/C2H7O4P/c3-1-2-7(4,5)6/h3H,1-2H2,(H2,4,5,6)/i1D2. The Bertz CT molecular complexity index is 134. The van der Waals surface area contributed by atoms with E-state index in [1.54, 1.807) is 0 Å². The van der Waals surface area contributed by atoms with Gasteiger partial charge in [0.05, 0.1) is 15.5 Å². The van der Waals surface area contributed by atoms with E-state index in [4.69, 9.17) is 17.6 Å². The first-order valence-corrected chi connectivity index (χ1v) is 3.27. The van der Waals surface area contributed by atoms with Crippen molar-refractivity contribution >= 4 is 7.60 Å². The van der Waals surface area contributed by atoms with Gasteiger partial charge in [-0.05, 0) is 0 Å². The molecule has 0 aromatic rings. The van der Waals surface area contributed by atoms with Crippen LogP contribution in [-0.2, 0) is 4.57 Å². The molecule has 0 aromatic heterocycles. The summed E-state index contributed by atoms with van der Waals surface area (Å²) in [6.45, 7) is -2.78. The molecule has 0 atom stereocenters. The molecule has 3 N–H and O–H groups in total. The Balaban J connectivity index is 3.90. The number of hydrogen-bond donors (Lipinski definition) is 3. The van der Waals surface area contributed by atoms with E-state index in [1.807, 2.05) is 0 Å². The molecule has 0 radical (unpaired) electrons. The maximum Gasteiger partial charge on any atom is 0.327 e. The van der Waals surface area contributed by atoms with Gasteiger partial charge in [0.25, 0.3) is 0 Å². The van der Waals surface area contributed by atoms with Gasteiger partial charge in [0.2, 0.25) is 0 Å². The zero-order valence-electron chi connectivity index (χ0n) is 5.40. The highest BCUT2D eigenvalue weighted by Gasteiger charge is 2.09. The third-order valence-electron chi connectivity index (χ3n) is 0.277. The van der Waals surface area contributed by atoms with Gasteiger partial charge in [-0.3, -0.25) is 4.57 Å². The molecule has 0 saturated heterocycles. The van der Waals surface area contributed by atoms with Crippen LogP contribution in [0.1, 0.15) is 2.74 Å². The van der Waals surface area contributed by atoms with Crippen LogP contribution in [0.4, 0.5) is 0 Å². The zero-order chi connectivity index (χ0) is 7.71. The van der Waals surface area contributed by atoms with Crippen LogP contribution in [0.3, 0.4) is 0 Å². The lowest BCUT2D eigenvalue weighted by molar-refractivity contribution is 0.299. The predicted molar refractivity (Wildman–Crippen MR) is 24.0 cm³/mol. The Morgan fingerprint density at radius 2 is 2.14 bits per heavy atom. The summed E-state index contributed by atoms with van der Waals surface area (Å²) in [4.78, 5) is 16.1. The molecule has 0 fully saturated rings. The second kappa shape index (κ2) is 2.43. The van der Waals surface area contributed by atoms with Crippen LogP contribution in [0.5, 0.6) is 0 Å². The summed E-state index contributed by atoms with van der Waals surface area (Å²) in [5, 5.41) is 8.19. The molecule has 0 saturated carbocycles. The van der Waals surface area contributed by atoms with Gasteiger partial charge in [-0.1, -0.05) is 0 Å². The third-order valence-corrected chi connectivity index (χ3v) is 0.830. The van der Waals surface area contributed by atoms with Crippen molar-refractivity contribution < 1.29 is 22.2 Å². The van der Waals surface area contributed by atoms with Gasteiger partial charge in [-0.25, -0.2) is 0 Å². The molecule has 0 aromatic carbocycles. The SMILES string of the molecule is [2H]C([2H])(O)CP(=O)(O)O. The van der Waals surface area contributed by atoms with Crippen LogP contribution in [0.2, 0.25) is 0 Å². The molecule has 0 amide bonds. The summed E-state index contributed by atoms with van der Waals surface area (Å²) in [5.74, 6) is 0. The molecule has 0 aliphatic rings. The van der Waals surface area contributed by atoms with Gasteiger partial charge in [-0.15, -0.1) is 0 Å². The minimum atomic E-state index is -4.41. The fraction of sp³-hybridized carbons (Fsp3) is 1.00. The molecule has 0 aliphatic carbocycles. The summed E-state index contributed by atoms with van der Waals surface area (Å²) >= 11 is 0. The molecular formula is C2H7O4P. The van der Waals surface area contributed by atoms with Crippen LogP contribution < -0.4 is 0 Å². The van der Waals surface area contributed by atoms with Crippen LogP contribution in [0.15, 0.2) is 0 Å². The molecule has 7 heavy (non-hydrogen) atoms. The van der Waals surface area contributed by atoms with Crippen molar-refractivity contribution in [1.82, 2.24) is 0 Å². The highest BCUT2D eigenvalue weighted by molar-refractivity contribution is 7.51. The Morgan fingerprint density at radius 1 is 1.71 bits per heavy atom. The molecule has 4 nitrogen and oxygen atoms in total. The fourth-order valence-electron chi connectivity index (χ4n) is 0.0921. The first-order valence-electron chi connectivity index (χ1n) is 2.48. The van der Waals surface area contributed by atoms with Gasteiger partial charge in [-0.2, -0.15) is 0 Å². The van der Waals surface area contributed by atoms with Crippen LogP contribution in [-0.4, -0.2) is 27.6 Å². The Kier molecular flexibility index (Phi) is 1.40. The molecule has 0 spiro atoms. The summed E-state index contributed by atoms with van der Waals surface area (Å²) in [7, 11) is -4.41. The summed E-state index contributed by atoms with van der Waals surface area (Å²) < 4.78 is 22.6. The minimum absolute atomic E-state index is 1.15. The number of hydrogen-bond acceptors (Lipinski definition) is 2. The van der Waals surface area contributed by atoms with Gasteiger partial charge < -0.3 is 14.9 Å². The van der Waals surface area contributed by atoms with E-state index in [0.29, 0.717) is 0 Å². The normalized spacial score (nSPS) is 18.1. The average molecular weight is 128 g/mol. The van der Waals surface area contributed by atoms with E-state index in [1.165, 1.54) is 0 Å². The lowest BCUT2D eigenvalue weighted by Gasteiger charge is -1.96. The topological polar surface area (TPSA) is 77.8 Å². The monoisotopic (exact) mass is 128 g/mol. The fourth-order valence-corrected chi connectivity index (χ4v) is 0.276. The third kappa shape index (κ3) is 6.11. The molecule has 0 heterocycles. The minimum Gasteiger partial charge on any atom is -0.396 e. The Labute approximate surface area is 43.8 Å². The summed E-state index contributed by atoms with van der Waals surface area (Å²) in [6.07, 6.45) is -1.15. The summed E-state index contributed by atoms with van der Waals surface area (Å²) in [6, 6.07) is 0. The largest absolute Gasteiger partial charge is 0.396 e. The van der Waals surface area contributed by atoms with Crippen molar-refractivity contribution in [3.8, 4) is 0 Å². The first-order chi connectivity index (χ1) is 3.71. The van der Waals surface area contributed by atoms with Crippen molar-refractivity contribution in [2.75, 3.05) is 12.7 Å². The van der Waals surface area contributed by atoms with Crippen LogP contribution in [0, 0.1) is 0 Å².